The van der Waals surface area contributed by atoms with Crippen LogP contribution in [0.25, 0.3) is 11.9 Å². The molecule has 29 heavy (non-hydrogen) atoms. The van der Waals surface area contributed by atoms with Gasteiger partial charge in [-0.2, -0.15) is 0 Å². The van der Waals surface area contributed by atoms with Gasteiger partial charge in [-0.15, -0.1) is 0 Å². The molecule has 0 unspecified atom stereocenters. The predicted molar refractivity (Wildman–Crippen MR) is 119 cm³/mol. The second-order valence-corrected chi connectivity index (χ2v) is 8.65. The van der Waals surface area contributed by atoms with Crippen LogP contribution in [0.4, 0.5) is 4.79 Å². The van der Waals surface area contributed by atoms with E-state index in [2.05, 4.69) is 20.9 Å². The number of rotatable bonds is 4. The number of thioether (sulfide) groups is 1. The van der Waals surface area contributed by atoms with E-state index in [1.807, 2.05) is 66.9 Å². The first-order chi connectivity index (χ1) is 13.9. The van der Waals surface area contributed by atoms with Gasteiger partial charge in [0.1, 0.15) is 5.82 Å². The lowest BCUT2D eigenvalue weighted by molar-refractivity contribution is -0.123. The number of pyridine rings is 1. The fraction of sp³-hybridized carbons (Fsp3) is 0.136. The largest absolute Gasteiger partial charge is 0.303 e. The van der Waals surface area contributed by atoms with Crippen LogP contribution in [0.2, 0.25) is 0 Å². The summed E-state index contributed by atoms with van der Waals surface area (Å²) in [4.78, 5) is 31.4. The monoisotopic (exact) mass is 467 g/mol. The van der Waals surface area contributed by atoms with E-state index in [1.54, 1.807) is 12.3 Å². The summed E-state index contributed by atoms with van der Waals surface area (Å²) in [5, 5.41) is -0.247. The quantitative estimate of drug-likeness (QED) is 0.476. The summed E-state index contributed by atoms with van der Waals surface area (Å²) in [6.07, 6.45) is 3.55. The Morgan fingerprint density at radius 3 is 2.55 bits per heavy atom. The van der Waals surface area contributed by atoms with Crippen molar-refractivity contribution in [3.63, 3.8) is 0 Å². The molecule has 1 fully saturated rings. The number of nitrogens with zero attached hydrogens (tertiary/aromatic N) is 3. The molecule has 2 aromatic heterocycles. The molecule has 0 saturated carbocycles. The number of hydrogen-bond donors (Lipinski definition) is 0. The van der Waals surface area contributed by atoms with Crippen molar-refractivity contribution in [1.82, 2.24) is 14.5 Å². The highest BCUT2D eigenvalue weighted by Gasteiger charge is 2.35. The van der Waals surface area contributed by atoms with Crippen LogP contribution in [-0.2, 0) is 11.3 Å². The first-order valence-corrected chi connectivity index (χ1v) is 10.6. The third-order valence-electron chi connectivity index (χ3n) is 4.76. The first kappa shape index (κ1) is 19.7. The third kappa shape index (κ3) is 3.93. The fourth-order valence-electron chi connectivity index (χ4n) is 3.32. The molecule has 0 radical (unpaired) electrons. The minimum Gasteiger partial charge on any atom is -0.303 e. The zero-order chi connectivity index (χ0) is 20.5. The van der Waals surface area contributed by atoms with Crippen LogP contribution in [0.1, 0.15) is 22.5 Å². The number of aromatic nitrogens is 2. The Labute approximate surface area is 181 Å². The molecule has 3 aromatic rings. The van der Waals surface area contributed by atoms with Gasteiger partial charge >= 0.3 is 0 Å². The molecule has 3 heterocycles. The van der Waals surface area contributed by atoms with Crippen molar-refractivity contribution < 1.29 is 9.59 Å². The predicted octanol–water partition coefficient (Wildman–Crippen LogP) is 5.49. The molecule has 1 aliphatic rings. The second kappa shape index (κ2) is 8.00. The van der Waals surface area contributed by atoms with Crippen molar-refractivity contribution in [2.24, 2.45) is 0 Å². The average Bonchev–Trinajstić information content (AvgIpc) is 3.14. The molecule has 146 valence electrons. The zero-order valence-corrected chi connectivity index (χ0v) is 18.3. The highest BCUT2D eigenvalue weighted by Crippen LogP contribution is 2.34. The van der Waals surface area contributed by atoms with Gasteiger partial charge in [-0.1, -0.05) is 34.1 Å². The Kier molecular flexibility index (Phi) is 5.43. The average molecular weight is 468 g/mol. The van der Waals surface area contributed by atoms with Gasteiger partial charge in [0.15, 0.2) is 0 Å². The summed E-state index contributed by atoms with van der Waals surface area (Å²) in [6.45, 7) is 4.25. The Balaban J connectivity index is 1.62. The summed E-state index contributed by atoms with van der Waals surface area (Å²) in [6, 6.07) is 15.4. The molecule has 7 heteroatoms. The molecule has 0 N–H and O–H groups in total. The van der Waals surface area contributed by atoms with Crippen molar-refractivity contribution in [3.05, 3.63) is 86.6 Å². The molecule has 4 rings (SSSR count). The van der Waals surface area contributed by atoms with E-state index in [0.29, 0.717) is 4.91 Å². The first-order valence-electron chi connectivity index (χ1n) is 9.04. The van der Waals surface area contributed by atoms with E-state index in [1.165, 1.54) is 4.90 Å². The Hall–Kier alpha value is -2.64. The molecule has 2 amide bonds. The molecule has 1 saturated heterocycles. The van der Waals surface area contributed by atoms with Gasteiger partial charge < -0.3 is 4.57 Å². The van der Waals surface area contributed by atoms with E-state index in [-0.39, 0.29) is 17.7 Å². The SMILES string of the molecule is Cc1cc(/C=C2\SC(=O)N(Cc3ccc(Br)cc3)C2=O)c(C)n1-c1ccccn1. The number of carbonyl (C=O) groups is 2. The van der Waals surface area contributed by atoms with E-state index >= 15 is 0 Å². The highest BCUT2D eigenvalue weighted by atomic mass is 79.9. The normalized spacial score (nSPS) is 15.6. The molecule has 0 spiro atoms. The number of halogens is 1. The van der Waals surface area contributed by atoms with Gasteiger partial charge in [-0.3, -0.25) is 14.5 Å². The third-order valence-corrected chi connectivity index (χ3v) is 6.20. The smallest absolute Gasteiger partial charge is 0.293 e. The van der Waals surface area contributed by atoms with E-state index < -0.39 is 0 Å². The molecule has 1 aromatic carbocycles. The van der Waals surface area contributed by atoms with Gasteiger partial charge in [0.05, 0.1) is 11.4 Å². The van der Waals surface area contributed by atoms with Crippen LogP contribution in [-0.4, -0.2) is 25.6 Å². The standard InChI is InChI=1S/C22H18BrN3O2S/c1-14-11-17(15(2)26(14)20-5-3-4-10-24-20)12-19-21(27)25(22(28)29-19)13-16-6-8-18(23)9-7-16/h3-12H,13H2,1-2H3/b19-12-. The maximum atomic E-state index is 12.9. The van der Waals surface area contributed by atoms with Gasteiger partial charge in [0, 0.05) is 22.1 Å². The van der Waals surface area contributed by atoms with Crippen molar-refractivity contribution in [2.75, 3.05) is 0 Å². The van der Waals surface area contributed by atoms with Crippen LogP contribution >= 0.6 is 27.7 Å². The lowest BCUT2D eigenvalue weighted by Gasteiger charge is -2.12. The van der Waals surface area contributed by atoms with Crippen LogP contribution in [0.5, 0.6) is 0 Å². The molecule has 0 bridgehead atoms. The number of aryl methyl sites for hydroxylation is 1. The summed E-state index contributed by atoms with van der Waals surface area (Å²) in [7, 11) is 0. The lowest BCUT2D eigenvalue weighted by atomic mass is 10.2. The van der Waals surface area contributed by atoms with Crippen molar-refractivity contribution in [3.8, 4) is 5.82 Å². The van der Waals surface area contributed by atoms with Crippen LogP contribution in [0.3, 0.4) is 0 Å². The molecule has 5 nitrogen and oxygen atoms in total. The van der Waals surface area contributed by atoms with Crippen LogP contribution in [0.15, 0.2) is 64.1 Å². The van der Waals surface area contributed by atoms with Gasteiger partial charge in [-0.05, 0) is 73.1 Å². The van der Waals surface area contributed by atoms with Gasteiger partial charge in [0.2, 0.25) is 0 Å². The van der Waals surface area contributed by atoms with E-state index in [0.717, 1.165) is 44.6 Å². The topological polar surface area (TPSA) is 55.2 Å². The maximum absolute atomic E-state index is 12.9. The number of carbonyl (C=O) groups excluding carboxylic acids is 2. The Morgan fingerprint density at radius 1 is 1.10 bits per heavy atom. The van der Waals surface area contributed by atoms with E-state index in [4.69, 9.17) is 0 Å². The summed E-state index contributed by atoms with van der Waals surface area (Å²) in [5.74, 6) is 0.566. The minimum absolute atomic E-state index is 0.247. The number of hydrogen-bond acceptors (Lipinski definition) is 4. The number of benzene rings is 1. The Bertz CT molecular complexity index is 1120. The molecule has 0 aliphatic carbocycles. The fourth-order valence-corrected chi connectivity index (χ4v) is 4.42. The van der Waals surface area contributed by atoms with Gasteiger partial charge in [0.25, 0.3) is 11.1 Å². The number of amides is 2. The summed E-state index contributed by atoms with van der Waals surface area (Å²) < 4.78 is 3.00. The molecule has 1 aliphatic heterocycles. The highest BCUT2D eigenvalue weighted by molar-refractivity contribution is 9.10. The number of imide groups is 1. The van der Waals surface area contributed by atoms with Crippen molar-refractivity contribution in [2.45, 2.75) is 20.4 Å². The van der Waals surface area contributed by atoms with Crippen LogP contribution in [0, 0.1) is 13.8 Å². The lowest BCUT2D eigenvalue weighted by Crippen LogP contribution is -2.27. The minimum atomic E-state index is -0.259. The van der Waals surface area contributed by atoms with Crippen molar-refractivity contribution in [1.29, 1.82) is 0 Å². The zero-order valence-electron chi connectivity index (χ0n) is 15.9. The molecular formula is C22H18BrN3O2S. The summed E-state index contributed by atoms with van der Waals surface area (Å²) in [5.41, 5.74) is 3.80. The van der Waals surface area contributed by atoms with Crippen LogP contribution < -0.4 is 0 Å². The molecular weight excluding hydrogens is 450 g/mol. The maximum Gasteiger partial charge on any atom is 0.293 e. The molecule has 0 atom stereocenters. The van der Waals surface area contributed by atoms with Crippen molar-refractivity contribution >= 4 is 44.9 Å². The Morgan fingerprint density at radius 2 is 1.86 bits per heavy atom. The van der Waals surface area contributed by atoms with Gasteiger partial charge in [-0.25, -0.2) is 4.98 Å². The summed E-state index contributed by atoms with van der Waals surface area (Å²) >= 11 is 4.38. The second-order valence-electron chi connectivity index (χ2n) is 6.74. The van der Waals surface area contributed by atoms with E-state index in [9.17, 15) is 9.59 Å².